The Labute approximate surface area is 138 Å². The van der Waals surface area contributed by atoms with Gasteiger partial charge in [0.15, 0.2) is 0 Å². The third-order valence-electron chi connectivity index (χ3n) is 5.15. The molecule has 0 unspecified atom stereocenters. The highest BCUT2D eigenvalue weighted by atomic mass is 16.2. The monoisotopic (exact) mass is 314 g/mol. The van der Waals surface area contributed by atoms with Crippen molar-refractivity contribution in [1.82, 2.24) is 4.90 Å². The van der Waals surface area contributed by atoms with Crippen molar-refractivity contribution < 1.29 is 9.59 Å². The van der Waals surface area contributed by atoms with E-state index in [-0.39, 0.29) is 18.4 Å². The molecule has 0 atom stereocenters. The van der Waals surface area contributed by atoms with Crippen LogP contribution in [-0.4, -0.2) is 36.3 Å². The summed E-state index contributed by atoms with van der Waals surface area (Å²) in [6.45, 7) is 7.74. The van der Waals surface area contributed by atoms with E-state index in [4.69, 9.17) is 0 Å². The lowest BCUT2D eigenvalue weighted by Gasteiger charge is -2.25. The van der Waals surface area contributed by atoms with Gasteiger partial charge >= 0.3 is 0 Å². The third kappa shape index (κ3) is 2.87. The van der Waals surface area contributed by atoms with Gasteiger partial charge in [0, 0.05) is 18.8 Å². The maximum atomic E-state index is 12.8. The van der Waals surface area contributed by atoms with Crippen molar-refractivity contribution in [3.63, 3.8) is 0 Å². The second-order valence-electron chi connectivity index (χ2n) is 7.33. The first-order valence-electron chi connectivity index (χ1n) is 8.62. The minimum Gasteiger partial charge on any atom is -0.341 e. The molecule has 2 amide bonds. The number of aryl methyl sites for hydroxylation is 1. The first-order valence-corrected chi connectivity index (χ1v) is 8.62. The summed E-state index contributed by atoms with van der Waals surface area (Å²) in [4.78, 5) is 29.1. The molecule has 124 valence electrons. The van der Waals surface area contributed by atoms with E-state index in [0.29, 0.717) is 0 Å². The molecule has 0 spiro atoms. The average molecular weight is 314 g/mol. The summed E-state index contributed by atoms with van der Waals surface area (Å²) in [7, 11) is 0. The van der Waals surface area contributed by atoms with E-state index < -0.39 is 5.41 Å². The van der Waals surface area contributed by atoms with Gasteiger partial charge in [0.25, 0.3) is 0 Å². The minimum absolute atomic E-state index is 0.0290. The summed E-state index contributed by atoms with van der Waals surface area (Å²) >= 11 is 0. The fraction of sp³-hybridized carbons (Fsp3) is 0.579. The van der Waals surface area contributed by atoms with Crippen LogP contribution in [0.5, 0.6) is 0 Å². The van der Waals surface area contributed by atoms with E-state index >= 15 is 0 Å². The lowest BCUT2D eigenvalue weighted by Crippen LogP contribution is -2.44. The molecular weight excluding hydrogens is 288 g/mol. The predicted molar refractivity (Wildman–Crippen MR) is 91.6 cm³/mol. The highest BCUT2D eigenvalue weighted by Crippen LogP contribution is 2.41. The second kappa shape index (κ2) is 5.99. The molecule has 4 nitrogen and oxygen atoms in total. The molecule has 2 aliphatic rings. The molecule has 0 aliphatic carbocycles. The van der Waals surface area contributed by atoms with Crippen molar-refractivity contribution in [3.05, 3.63) is 29.3 Å². The zero-order chi connectivity index (χ0) is 16.6. The largest absolute Gasteiger partial charge is 0.341 e. The van der Waals surface area contributed by atoms with Gasteiger partial charge in [0.05, 0.1) is 5.41 Å². The Morgan fingerprint density at radius 3 is 2.43 bits per heavy atom. The number of likely N-dealkylation sites (tertiary alicyclic amines) is 1. The first-order chi connectivity index (χ1) is 10.9. The SMILES string of the molecule is Cc1ccc2c(c1)C(C)(C)C(=O)N2CC(=O)N1CCCCCC1. The van der Waals surface area contributed by atoms with Crippen molar-refractivity contribution in [1.29, 1.82) is 0 Å². The van der Waals surface area contributed by atoms with E-state index in [2.05, 4.69) is 6.07 Å². The Hall–Kier alpha value is -1.84. The van der Waals surface area contributed by atoms with E-state index in [1.54, 1.807) is 4.90 Å². The lowest BCUT2D eigenvalue weighted by molar-refractivity contribution is -0.131. The lowest BCUT2D eigenvalue weighted by atomic mass is 9.85. The van der Waals surface area contributed by atoms with Crippen LogP contribution in [-0.2, 0) is 15.0 Å². The zero-order valence-corrected chi connectivity index (χ0v) is 14.4. The highest BCUT2D eigenvalue weighted by Gasteiger charge is 2.44. The molecule has 4 heteroatoms. The number of hydrogen-bond donors (Lipinski definition) is 0. The van der Waals surface area contributed by atoms with Crippen molar-refractivity contribution in [2.75, 3.05) is 24.5 Å². The normalized spacial score (nSPS) is 20.4. The molecule has 0 saturated carbocycles. The van der Waals surface area contributed by atoms with Gasteiger partial charge in [-0.25, -0.2) is 0 Å². The minimum atomic E-state index is -0.555. The summed E-state index contributed by atoms with van der Waals surface area (Å²) in [5.74, 6) is 0.103. The van der Waals surface area contributed by atoms with Gasteiger partial charge in [-0.2, -0.15) is 0 Å². The van der Waals surface area contributed by atoms with Crippen LogP contribution < -0.4 is 4.90 Å². The van der Waals surface area contributed by atoms with Crippen LogP contribution in [0.2, 0.25) is 0 Å². The van der Waals surface area contributed by atoms with Gasteiger partial charge in [0.1, 0.15) is 6.54 Å². The summed E-state index contributed by atoms with van der Waals surface area (Å²) in [5, 5.41) is 0. The summed E-state index contributed by atoms with van der Waals surface area (Å²) in [5.41, 5.74) is 2.52. The topological polar surface area (TPSA) is 40.6 Å². The predicted octanol–water partition coefficient (Wildman–Crippen LogP) is 3.02. The third-order valence-corrected chi connectivity index (χ3v) is 5.15. The van der Waals surface area contributed by atoms with E-state index in [0.717, 1.165) is 42.7 Å². The maximum absolute atomic E-state index is 12.8. The zero-order valence-electron chi connectivity index (χ0n) is 14.4. The van der Waals surface area contributed by atoms with Gasteiger partial charge < -0.3 is 9.80 Å². The van der Waals surface area contributed by atoms with Crippen molar-refractivity contribution >= 4 is 17.5 Å². The van der Waals surface area contributed by atoms with Crippen LogP contribution >= 0.6 is 0 Å². The van der Waals surface area contributed by atoms with Gasteiger partial charge in [-0.05, 0) is 45.2 Å². The molecule has 0 N–H and O–H groups in total. The van der Waals surface area contributed by atoms with Crippen molar-refractivity contribution in [2.24, 2.45) is 0 Å². The fourth-order valence-corrected chi connectivity index (χ4v) is 3.66. The van der Waals surface area contributed by atoms with Gasteiger partial charge in [-0.3, -0.25) is 9.59 Å². The molecular formula is C19H26N2O2. The Bertz CT molecular complexity index is 628. The van der Waals surface area contributed by atoms with Crippen molar-refractivity contribution in [3.8, 4) is 0 Å². The number of rotatable bonds is 2. The Kier molecular flexibility index (Phi) is 4.17. The molecule has 1 aromatic carbocycles. The number of carbonyl (C=O) groups is 2. The summed E-state index contributed by atoms with van der Waals surface area (Å²) in [6, 6.07) is 6.06. The number of nitrogens with zero attached hydrogens (tertiary/aromatic N) is 2. The quantitative estimate of drug-likeness (QED) is 0.842. The maximum Gasteiger partial charge on any atom is 0.242 e. The Morgan fingerprint density at radius 1 is 1.13 bits per heavy atom. The summed E-state index contributed by atoms with van der Waals surface area (Å²) < 4.78 is 0. The smallest absolute Gasteiger partial charge is 0.242 e. The number of benzene rings is 1. The molecule has 1 aromatic rings. The van der Waals surface area contributed by atoms with Crippen LogP contribution in [0, 0.1) is 6.92 Å². The van der Waals surface area contributed by atoms with Crippen LogP contribution in [0.3, 0.4) is 0 Å². The standard InChI is InChI=1S/C19H26N2O2/c1-14-8-9-16-15(12-14)19(2,3)18(23)21(16)13-17(22)20-10-6-4-5-7-11-20/h8-9,12H,4-7,10-11,13H2,1-3H3. The molecule has 1 saturated heterocycles. The van der Waals surface area contributed by atoms with Gasteiger partial charge in [-0.15, -0.1) is 0 Å². The van der Waals surface area contributed by atoms with Crippen molar-refractivity contribution in [2.45, 2.75) is 51.9 Å². The Morgan fingerprint density at radius 2 is 1.78 bits per heavy atom. The molecule has 23 heavy (non-hydrogen) atoms. The molecule has 3 rings (SSSR count). The van der Waals surface area contributed by atoms with Gasteiger partial charge in [0.2, 0.25) is 11.8 Å². The molecule has 0 aromatic heterocycles. The molecule has 0 bridgehead atoms. The average Bonchev–Trinajstić information content (AvgIpc) is 2.75. The molecule has 0 radical (unpaired) electrons. The molecule has 2 aliphatic heterocycles. The van der Waals surface area contributed by atoms with Crippen LogP contribution in [0.15, 0.2) is 18.2 Å². The van der Waals surface area contributed by atoms with Crippen LogP contribution in [0.4, 0.5) is 5.69 Å². The van der Waals surface area contributed by atoms with E-state index in [1.807, 2.05) is 37.8 Å². The number of amides is 2. The number of anilines is 1. The van der Waals surface area contributed by atoms with Gasteiger partial charge in [-0.1, -0.05) is 30.5 Å². The van der Waals surface area contributed by atoms with E-state index in [9.17, 15) is 9.59 Å². The number of carbonyl (C=O) groups excluding carboxylic acids is 2. The van der Waals surface area contributed by atoms with E-state index in [1.165, 1.54) is 12.8 Å². The molecule has 1 fully saturated rings. The van der Waals surface area contributed by atoms with Crippen LogP contribution in [0.25, 0.3) is 0 Å². The number of hydrogen-bond acceptors (Lipinski definition) is 2. The number of fused-ring (bicyclic) bond motifs is 1. The highest BCUT2D eigenvalue weighted by molar-refractivity contribution is 6.10. The molecule has 2 heterocycles. The Balaban J connectivity index is 1.83. The van der Waals surface area contributed by atoms with Crippen LogP contribution in [0.1, 0.15) is 50.7 Å². The fourth-order valence-electron chi connectivity index (χ4n) is 3.66. The second-order valence-corrected chi connectivity index (χ2v) is 7.33. The first kappa shape index (κ1) is 16.0. The summed E-state index contributed by atoms with van der Waals surface area (Å²) in [6.07, 6.45) is 4.53.